The monoisotopic (exact) mass is 570 g/mol. The summed E-state index contributed by atoms with van der Waals surface area (Å²) in [5, 5.41) is 4.38. The smallest absolute Gasteiger partial charge is 0.264 e. The number of thioether (sulfide) groups is 1. The molecule has 0 spiro atoms. The number of aryl methyl sites for hydroxylation is 2. The Labute approximate surface area is 225 Å². The Morgan fingerprint density at radius 3 is 2.29 bits per heavy atom. The fourth-order valence-electron chi connectivity index (χ4n) is 3.28. The predicted octanol–water partition coefficient (Wildman–Crippen LogP) is 6.51. The van der Waals surface area contributed by atoms with E-state index in [1.54, 1.807) is 67.2 Å². The molecule has 0 aliphatic rings. The average Bonchev–Trinajstić information content (AvgIpc) is 2.81. The van der Waals surface area contributed by atoms with Gasteiger partial charge in [0.25, 0.3) is 10.0 Å². The second-order valence-electron chi connectivity index (χ2n) is 7.86. The third kappa shape index (κ3) is 7.30. The molecule has 5 nitrogen and oxygen atoms in total. The lowest BCUT2D eigenvalue weighted by Crippen LogP contribution is -2.41. The Kier molecular flexibility index (Phi) is 9.78. The van der Waals surface area contributed by atoms with Crippen molar-refractivity contribution in [2.24, 2.45) is 0 Å². The van der Waals surface area contributed by atoms with E-state index >= 15 is 0 Å². The molecule has 0 heterocycles. The van der Waals surface area contributed by atoms with Crippen molar-refractivity contribution in [2.45, 2.75) is 24.5 Å². The molecular formula is C25H25Cl3N2O3S2. The molecule has 1 N–H and O–H groups in total. The standard InChI is InChI=1S/C25H25Cl3N2O3S2/c1-17-6-10-20(11-7-17)35(32,33)30(24-14-19(26)9-8-18(24)2)15-25(31)29-12-13-34-16-21-22(27)4-3-5-23(21)28/h3-11,14H,12-13,15-16H2,1-2H3,(H,29,31). The fraction of sp³-hybridized carbons (Fsp3) is 0.240. The van der Waals surface area contributed by atoms with Crippen molar-refractivity contribution in [3.05, 3.63) is 92.4 Å². The number of hydrogen-bond donors (Lipinski definition) is 1. The molecule has 0 saturated carbocycles. The van der Waals surface area contributed by atoms with Crippen LogP contribution in [0.1, 0.15) is 16.7 Å². The van der Waals surface area contributed by atoms with E-state index in [-0.39, 0.29) is 11.4 Å². The quantitative estimate of drug-likeness (QED) is 0.282. The molecule has 10 heteroatoms. The predicted molar refractivity (Wildman–Crippen MR) is 148 cm³/mol. The van der Waals surface area contributed by atoms with Gasteiger partial charge >= 0.3 is 0 Å². The number of nitrogens with zero attached hydrogens (tertiary/aromatic N) is 1. The number of carbonyl (C=O) groups excluding carboxylic acids is 1. The van der Waals surface area contributed by atoms with Crippen LogP contribution in [-0.2, 0) is 20.6 Å². The zero-order valence-electron chi connectivity index (χ0n) is 19.2. The largest absolute Gasteiger partial charge is 0.354 e. The molecule has 3 rings (SSSR count). The zero-order valence-corrected chi connectivity index (χ0v) is 23.1. The Balaban J connectivity index is 1.70. The first-order valence-corrected chi connectivity index (χ1v) is 14.5. The van der Waals surface area contributed by atoms with Crippen LogP contribution in [0.4, 0.5) is 5.69 Å². The summed E-state index contributed by atoms with van der Waals surface area (Å²) in [6, 6.07) is 16.8. The minimum Gasteiger partial charge on any atom is -0.354 e. The van der Waals surface area contributed by atoms with Gasteiger partial charge in [0.05, 0.1) is 10.6 Å². The number of amides is 1. The molecule has 0 radical (unpaired) electrons. The van der Waals surface area contributed by atoms with Gasteiger partial charge in [-0.15, -0.1) is 0 Å². The van der Waals surface area contributed by atoms with Gasteiger partial charge in [0.1, 0.15) is 6.54 Å². The maximum atomic E-state index is 13.5. The molecule has 3 aromatic carbocycles. The number of rotatable bonds is 10. The van der Waals surface area contributed by atoms with Gasteiger partial charge in [-0.3, -0.25) is 9.10 Å². The fourth-order valence-corrected chi connectivity index (χ4v) is 6.52. The van der Waals surface area contributed by atoms with Crippen molar-refractivity contribution < 1.29 is 13.2 Å². The Morgan fingerprint density at radius 2 is 1.63 bits per heavy atom. The molecule has 35 heavy (non-hydrogen) atoms. The first kappa shape index (κ1) is 27.7. The number of halogens is 3. The highest BCUT2D eigenvalue weighted by Crippen LogP contribution is 2.30. The van der Waals surface area contributed by atoms with Crippen LogP contribution >= 0.6 is 46.6 Å². The van der Waals surface area contributed by atoms with E-state index in [1.807, 2.05) is 6.92 Å². The van der Waals surface area contributed by atoms with Gasteiger partial charge < -0.3 is 5.32 Å². The van der Waals surface area contributed by atoms with Gasteiger partial charge in [-0.05, 0) is 61.4 Å². The van der Waals surface area contributed by atoms with Crippen LogP contribution in [0.3, 0.4) is 0 Å². The van der Waals surface area contributed by atoms with E-state index in [0.29, 0.717) is 44.4 Å². The molecule has 0 aliphatic heterocycles. The molecule has 0 bridgehead atoms. The van der Waals surface area contributed by atoms with Gasteiger partial charge in [0.15, 0.2) is 0 Å². The van der Waals surface area contributed by atoms with Crippen molar-refractivity contribution in [1.82, 2.24) is 5.32 Å². The Morgan fingerprint density at radius 1 is 0.971 bits per heavy atom. The van der Waals surface area contributed by atoms with Crippen LogP contribution in [0.25, 0.3) is 0 Å². The van der Waals surface area contributed by atoms with Crippen molar-refractivity contribution >= 4 is 68.2 Å². The average molecular weight is 572 g/mol. The highest BCUT2D eigenvalue weighted by Gasteiger charge is 2.28. The number of benzene rings is 3. The van der Waals surface area contributed by atoms with Crippen molar-refractivity contribution in [1.29, 1.82) is 0 Å². The summed E-state index contributed by atoms with van der Waals surface area (Å²) >= 11 is 20.1. The third-order valence-electron chi connectivity index (χ3n) is 5.21. The second kappa shape index (κ2) is 12.4. The molecular weight excluding hydrogens is 547 g/mol. The summed E-state index contributed by atoms with van der Waals surface area (Å²) in [5.41, 5.74) is 2.82. The first-order chi connectivity index (χ1) is 16.6. The maximum absolute atomic E-state index is 13.5. The lowest BCUT2D eigenvalue weighted by Gasteiger charge is -2.26. The van der Waals surface area contributed by atoms with E-state index in [9.17, 15) is 13.2 Å². The third-order valence-corrected chi connectivity index (χ3v) is 8.92. The van der Waals surface area contributed by atoms with Crippen LogP contribution in [0.2, 0.25) is 15.1 Å². The SMILES string of the molecule is Cc1ccc(S(=O)(=O)N(CC(=O)NCCSCc2c(Cl)cccc2Cl)c2cc(Cl)ccc2C)cc1. The molecule has 186 valence electrons. The normalized spacial score (nSPS) is 11.3. The van der Waals surface area contributed by atoms with E-state index in [1.165, 1.54) is 12.1 Å². The van der Waals surface area contributed by atoms with Gasteiger partial charge in [-0.2, -0.15) is 11.8 Å². The van der Waals surface area contributed by atoms with Crippen LogP contribution in [0.15, 0.2) is 65.6 Å². The van der Waals surface area contributed by atoms with Gasteiger partial charge in [-0.1, -0.05) is 64.6 Å². The van der Waals surface area contributed by atoms with Crippen molar-refractivity contribution in [2.75, 3.05) is 23.1 Å². The van der Waals surface area contributed by atoms with Crippen molar-refractivity contribution in [3.8, 4) is 0 Å². The summed E-state index contributed by atoms with van der Waals surface area (Å²) in [6.07, 6.45) is 0. The summed E-state index contributed by atoms with van der Waals surface area (Å²) in [5.74, 6) is 0.787. The molecule has 3 aromatic rings. The van der Waals surface area contributed by atoms with E-state index < -0.39 is 15.9 Å². The topological polar surface area (TPSA) is 66.5 Å². The van der Waals surface area contributed by atoms with Crippen LogP contribution in [0, 0.1) is 13.8 Å². The Hall–Kier alpha value is -1.90. The molecule has 0 fully saturated rings. The summed E-state index contributed by atoms with van der Waals surface area (Å²) in [4.78, 5) is 12.9. The van der Waals surface area contributed by atoms with Crippen LogP contribution < -0.4 is 9.62 Å². The van der Waals surface area contributed by atoms with Gasteiger partial charge in [-0.25, -0.2) is 8.42 Å². The molecule has 1 amide bonds. The summed E-state index contributed by atoms with van der Waals surface area (Å²) < 4.78 is 28.1. The van der Waals surface area contributed by atoms with Crippen molar-refractivity contribution in [3.63, 3.8) is 0 Å². The van der Waals surface area contributed by atoms with Gasteiger partial charge in [0, 0.05) is 33.1 Å². The number of sulfonamides is 1. The minimum atomic E-state index is -4.01. The van der Waals surface area contributed by atoms with Crippen LogP contribution in [0.5, 0.6) is 0 Å². The number of hydrogen-bond acceptors (Lipinski definition) is 4. The lowest BCUT2D eigenvalue weighted by atomic mass is 10.2. The second-order valence-corrected chi connectivity index (χ2v) is 12.1. The van der Waals surface area contributed by atoms with E-state index in [4.69, 9.17) is 34.8 Å². The maximum Gasteiger partial charge on any atom is 0.264 e. The molecule has 0 aromatic heterocycles. The summed E-state index contributed by atoms with van der Waals surface area (Å²) in [6.45, 7) is 3.63. The first-order valence-electron chi connectivity index (χ1n) is 10.7. The zero-order chi connectivity index (χ0) is 25.6. The van der Waals surface area contributed by atoms with Crippen LogP contribution in [-0.4, -0.2) is 33.2 Å². The summed E-state index contributed by atoms with van der Waals surface area (Å²) in [7, 11) is -4.01. The molecule has 0 atom stereocenters. The highest BCUT2D eigenvalue weighted by molar-refractivity contribution is 7.98. The number of carbonyl (C=O) groups is 1. The number of anilines is 1. The van der Waals surface area contributed by atoms with E-state index in [0.717, 1.165) is 15.4 Å². The minimum absolute atomic E-state index is 0.0995. The molecule has 0 saturated heterocycles. The van der Waals surface area contributed by atoms with E-state index in [2.05, 4.69) is 5.32 Å². The lowest BCUT2D eigenvalue weighted by molar-refractivity contribution is -0.119. The molecule has 0 unspecified atom stereocenters. The highest BCUT2D eigenvalue weighted by atomic mass is 35.5. The Bertz CT molecular complexity index is 1280. The number of nitrogens with one attached hydrogen (secondary N) is 1. The van der Waals surface area contributed by atoms with Gasteiger partial charge in [0.2, 0.25) is 5.91 Å². The molecule has 0 aliphatic carbocycles.